The summed E-state index contributed by atoms with van der Waals surface area (Å²) in [6.45, 7) is 3.77. The van der Waals surface area contributed by atoms with Crippen molar-refractivity contribution in [2.24, 2.45) is 5.92 Å². The van der Waals surface area contributed by atoms with Crippen molar-refractivity contribution in [2.45, 2.75) is 25.4 Å². The van der Waals surface area contributed by atoms with Crippen molar-refractivity contribution >= 4 is 23.2 Å². The monoisotopic (exact) mass is 449 g/mol. The Morgan fingerprint density at radius 3 is 2.87 bits per heavy atom. The third kappa shape index (κ3) is 5.74. The Hall–Kier alpha value is -2.20. The summed E-state index contributed by atoms with van der Waals surface area (Å²) in [5.74, 6) is -0.247. The topological polar surface area (TPSA) is 98.3 Å². The van der Waals surface area contributed by atoms with Gasteiger partial charge in [-0.25, -0.2) is 9.97 Å². The molecule has 4 rings (SSSR count). The van der Waals surface area contributed by atoms with Crippen molar-refractivity contribution in [3.63, 3.8) is 0 Å². The Kier molecular flexibility index (Phi) is 7.39. The lowest BCUT2D eigenvalue weighted by Crippen LogP contribution is -2.43. The molecule has 0 bridgehead atoms. The number of anilines is 1. The van der Waals surface area contributed by atoms with E-state index in [0.717, 1.165) is 32.6 Å². The van der Waals surface area contributed by atoms with Crippen LogP contribution < -0.4 is 10.6 Å². The van der Waals surface area contributed by atoms with Gasteiger partial charge in [0, 0.05) is 50.3 Å². The number of ether oxygens (including phenoxy) is 2. The number of carbonyl (C=O) groups is 1. The van der Waals surface area contributed by atoms with E-state index in [9.17, 15) is 9.18 Å². The fraction of sp³-hybridized carbons (Fsp3) is 0.524. The molecule has 4 heterocycles. The van der Waals surface area contributed by atoms with E-state index in [1.807, 2.05) is 0 Å². The van der Waals surface area contributed by atoms with Crippen molar-refractivity contribution in [3.05, 3.63) is 35.1 Å². The zero-order valence-electron chi connectivity index (χ0n) is 17.1. The molecule has 1 atom stereocenters. The number of carbonyl (C=O) groups excluding carboxylic acids is 1. The molecule has 0 aromatic carbocycles. The standard InChI is InChI=1S/C21H25ClFN5O3/c22-16-10-25-14(8-18(29)19-12-24-3-6-31-19)7-15(16)17-11-26-20(23)21(28-17)27-9-13-1-4-30-5-2-13/h7,10-11,13,19,24H,1-6,8-9,12H2,(H,27,28)/t19-/m1/s1. The maximum absolute atomic E-state index is 14.2. The van der Waals surface area contributed by atoms with Gasteiger partial charge in [-0.15, -0.1) is 0 Å². The largest absolute Gasteiger partial charge is 0.381 e. The highest BCUT2D eigenvalue weighted by Crippen LogP contribution is 2.28. The van der Waals surface area contributed by atoms with Gasteiger partial charge in [0.2, 0.25) is 0 Å². The van der Waals surface area contributed by atoms with Crippen molar-refractivity contribution in [1.82, 2.24) is 20.3 Å². The second-order valence-corrected chi connectivity index (χ2v) is 8.10. The van der Waals surface area contributed by atoms with Gasteiger partial charge in [-0.05, 0) is 24.8 Å². The second-order valence-electron chi connectivity index (χ2n) is 7.69. The number of pyridine rings is 1. The Morgan fingerprint density at radius 2 is 2.10 bits per heavy atom. The number of hydrogen-bond acceptors (Lipinski definition) is 8. The van der Waals surface area contributed by atoms with E-state index < -0.39 is 12.1 Å². The molecule has 2 saturated heterocycles. The highest BCUT2D eigenvalue weighted by molar-refractivity contribution is 6.33. The van der Waals surface area contributed by atoms with Crippen molar-refractivity contribution in [1.29, 1.82) is 0 Å². The fourth-order valence-electron chi connectivity index (χ4n) is 3.65. The van der Waals surface area contributed by atoms with Crippen LogP contribution in [0.4, 0.5) is 10.2 Å². The Labute approximate surface area is 184 Å². The summed E-state index contributed by atoms with van der Waals surface area (Å²) >= 11 is 6.33. The van der Waals surface area contributed by atoms with Gasteiger partial charge in [-0.2, -0.15) is 4.39 Å². The third-order valence-corrected chi connectivity index (χ3v) is 5.76. The number of ketones is 1. The zero-order chi connectivity index (χ0) is 21.6. The normalized spacial score (nSPS) is 19.9. The minimum Gasteiger partial charge on any atom is -0.381 e. The smallest absolute Gasteiger partial charge is 0.255 e. The maximum atomic E-state index is 14.2. The first-order valence-corrected chi connectivity index (χ1v) is 10.8. The van der Waals surface area contributed by atoms with Crippen LogP contribution in [0.25, 0.3) is 11.3 Å². The van der Waals surface area contributed by atoms with Crippen LogP contribution in [0.3, 0.4) is 0 Å². The summed E-state index contributed by atoms with van der Waals surface area (Å²) < 4.78 is 25.1. The van der Waals surface area contributed by atoms with Crippen molar-refractivity contribution in [2.75, 3.05) is 44.8 Å². The van der Waals surface area contributed by atoms with Gasteiger partial charge in [0.25, 0.3) is 5.95 Å². The third-order valence-electron chi connectivity index (χ3n) is 5.46. The van der Waals surface area contributed by atoms with Gasteiger partial charge in [-0.3, -0.25) is 9.78 Å². The molecule has 2 aliphatic rings. The van der Waals surface area contributed by atoms with Crippen LogP contribution in [0.1, 0.15) is 18.5 Å². The number of hydrogen-bond donors (Lipinski definition) is 2. The Balaban J connectivity index is 1.48. The average molecular weight is 450 g/mol. The van der Waals surface area contributed by atoms with Crippen LogP contribution in [-0.4, -0.2) is 66.3 Å². The molecule has 0 aliphatic carbocycles. The molecule has 2 fully saturated rings. The van der Waals surface area contributed by atoms with Crippen LogP contribution >= 0.6 is 11.6 Å². The van der Waals surface area contributed by atoms with Crippen LogP contribution in [0.15, 0.2) is 18.5 Å². The van der Waals surface area contributed by atoms with Gasteiger partial charge in [-0.1, -0.05) is 11.6 Å². The molecular weight excluding hydrogens is 425 g/mol. The van der Waals surface area contributed by atoms with E-state index >= 15 is 0 Å². The van der Waals surface area contributed by atoms with Gasteiger partial charge in [0.1, 0.15) is 6.10 Å². The summed E-state index contributed by atoms with van der Waals surface area (Å²) in [5.41, 5.74) is 1.50. The number of aromatic nitrogens is 3. The van der Waals surface area contributed by atoms with E-state index in [1.54, 1.807) is 6.07 Å². The van der Waals surface area contributed by atoms with E-state index in [4.69, 9.17) is 21.1 Å². The fourth-order valence-corrected chi connectivity index (χ4v) is 3.85. The summed E-state index contributed by atoms with van der Waals surface area (Å²) in [5, 5.41) is 6.55. The molecule has 2 aromatic rings. The van der Waals surface area contributed by atoms with Crippen LogP contribution in [0.2, 0.25) is 5.02 Å². The molecule has 166 valence electrons. The van der Waals surface area contributed by atoms with Crippen LogP contribution in [0.5, 0.6) is 0 Å². The lowest BCUT2D eigenvalue weighted by Gasteiger charge is -2.22. The number of Topliss-reactive ketones (excluding diaryl/α,β-unsaturated/α-hetero) is 1. The highest BCUT2D eigenvalue weighted by Gasteiger charge is 2.23. The molecule has 2 aromatic heterocycles. The Bertz CT molecular complexity index is 920. The number of nitrogens with zero attached hydrogens (tertiary/aromatic N) is 3. The second kappa shape index (κ2) is 10.4. The van der Waals surface area contributed by atoms with Crippen LogP contribution in [-0.2, 0) is 20.7 Å². The van der Waals surface area contributed by atoms with Crippen molar-refractivity contribution < 1.29 is 18.7 Å². The lowest BCUT2D eigenvalue weighted by molar-refractivity contribution is -0.131. The summed E-state index contributed by atoms with van der Waals surface area (Å²) in [7, 11) is 0. The zero-order valence-corrected chi connectivity index (χ0v) is 17.8. The molecule has 0 unspecified atom stereocenters. The first-order valence-electron chi connectivity index (χ1n) is 10.4. The molecule has 10 heteroatoms. The number of nitrogens with one attached hydrogen (secondary N) is 2. The minimum absolute atomic E-state index is 0.0584. The molecule has 0 saturated carbocycles. The van der Waals surface area contributed by atoms with Gasteiger partial charge in [0.05, 0.1) is 29.9 Å². The van der Waals surface area contributed by atoms with Crippen molar-refractivity contribution in [3.8, 4) is 11.3 Å². The van der Waals surface area contributed by atoms with E-state index in [1.165, 1.54) is 12.4 Å². The minimum atomic E-state index is -0.668. The van der Waals surface area contributed by atoms with E-state index in [2.05, 4.69) is 25.6 Å². The molecule has 0 amide bonds. The van der Waals surface area contributed by atoms with Gasteiger partial charge < -0.3 is 20.1 Å². The van der Waals surface area contributed by atoms with E-state index in [0.29, 0.717) is 47.6 Å². The summed E-state index contributed by atoms with van der Waals surface area (Å²) in [6, 6.07) is 1.70. The first-order chi connectivity index (χ1) is 15.1. The van der Waals surface area contributed by atoms with Crippen LogP contribution in [0, 0.1) is 11.9 Å². The predicted octanol–water partition coefficient (Wildman–Crippen LogP) is 2.27. The molecule has 8 nitrogen and oxygen atoms in total. The van der Waals surface area contributed by atoms with Gasteiger partial charge in [0.15, 0.2) is 11.6 Å². The number of morpholine rings is 1. The molecule has 0 radical (unpaired) electrons. The average Bonchev–Trinajstić information content (AvgIpc) is 2.81. The summed E-state index contributed by atoms with van der Waals surface area (Å²) in [6.07, 6.45) is 4.28. The lowest BCUT2D eigenvalue weighted by atomic mass is 10.0. The maximum Gasteiger partial charge on any atom is 0.255 e. The highest BCUT2D eigenvalue weighted by atomic mass is 35.5. The predicted molar refractivity (Wildman–Crippen MR) is 114 cm³/mol. The molecule has 31 heavy (non-hydrogen) atoms. The first kappa shape index (κ1) is 22.0. The molecule has 2 aliphatic heterocycles. The SMILES string of the molecule is O=C(Cc1cc(-c2cnc(F)c(NCC3CCOCC3)n2)c(Cl)cn1)[C@H]1CNCCO1. The number of halogens is 2. The van der Waals surface area contributed by atoms with Gasteiger partial charge >= 0.3 is 0 Å². The number of rotatable bonds is 7. The summed E-state index contributed by atoms with van der Waals surface area (Å²) in [4.78, 5) is 25.0. The molecule has 0 spiro atoms. The Morgan fingerprint density at radius 1 is 1.26 bits per heavy atom. The quantitative estimate of drug-likeness (QED) is 0.664. The molecule has 2 N–H and O–H groups in total. The molecular formula is C21H25ClFN5O3. The van der Waals surface area contributed by atoms with E-state index in [-0.39, 0.29) is 18.0 Å².